The number of hydrogen-bond donors (Lipinski definition) is 2. The molecule has 3 aliphatic heterocycles. The molecule has 13 nitrogen and oxygen atoms in total. The number of nitrogens with two attached hydrogens (primary N) is 2. The van der Waals surface area contributed by atoms with Crippen LogP contribution in [0.25, 0.3) is 0 Å². The van der Waals surface area contributed by atoms with E-state index in [9.17, 15) is 4.57 Å². The SMILES string of the molecule is CCCCCCCCCCCCCCCCCCOCCOP(=O)(COCCN1C=NC2C1=NC(N)=NC2N)OCC1COC(C)(C)O1. The highest BCUT2D eigenvalue weighted by atomic mass is 31.2. The largest absolute Gasteiger partial charge is 0.379 e. The zero-order valence-electron chi connectivity index (χ0n) is 30.0. The summed E-state index contributed by atoms with van der Waals surface area (Å²) >= 11 is 0. The van der Waals surface area contributed by atoms with Gasteiger partial charge in [0.25, 0.3) is 0 Å². The van der Waals surface area contributed by atoms with Crippen LogP contribution in [0.15, 0.2) is 15.0 Å². The summed E-state index contributed by atoms with van der Waals surface area (Å²) in [7, 11) is -3.60. The number of nitrogens with zero attached hydrogens (tertiary/aromatic N) is 4. The molecule has 4 atom stereocenters. The second-order valence-corrected chi connectivity index (χ2v) is 15.5. The van der Waals surface area contributed by atoms with Crippen LogP contribution in [0.1, 0.15) is 124 Å². The summed E-state index contributed by atoms with van der Waals surface area (Å²) in [5.74, 6) is 0.0373. The minimum atomic E-state index is -3.60. The van der Waals surface area contributed by atoms with Gasteiger partial charge in [0.2, 0.25) is 5.96 Å². The van der Waals surface area contributed by atoms with Crippen molar-refractivity contribution in [2.45, 2.75) is 148 Å². The van der Waals surface area contributed by atoms with E-state index in [1.165, 1.54) is 89.9 Å². The number of hydrogen-bond acceptors (Lipinski definition) is 13. The van der Waals surface area contributed by atoms with E-state index in [0.29, 0.717) is 32.2 Å². The van der Waals surface area contributed by atoms with E-state index in [2.05, 4.69) is 21.9 Å². The predicted molar refractivity (Wildman–Crippen MR) is 192 cm³/mol. The molecule has 3 rings (SSSR count). The van der Waals surface area contributed by atoms with Gasteiger partial charge in [-0.25, -0.2) is 4.99 Å². The summed E-state index contributed by atoms with van der Waals surface area (Å²) < 4.78 is 48.0. The van der Waals surface area contributed by atoms with Crippen LogP contribution in [-0.2, 0) is 32.6 Å². The van der Waals surface area contributed by atoms with Crippen LogP contribution in [0.5, 0.6) is 0 Å². The average molecular weight is 701 g/mol. The molecule has 0 bridgehead atoms. The molecule has 14 heteroatoms. The fraction of sp³-hybridized carbons (Fsp3) is 0.912. The van der Waals surface area contributed by atoms with Crippen molar-refractivity contribution < 1.29 is 32.6 Å². The van der Waals surface area contributed by atoms with Gasteiger partial charge in [-0.15, -0.1) is 0 Å². The van der Waals surface area contributed by atoms with Gasteiger partial charge in [-0.05, 0) is 20.3 Å². The Morgan fingerprint density at radius 2 is 1.50 bits per heavy atom. The molecule has 0 spiro atoms. The molecule has 1 saturated heterocycles. The molecule has 0 aromatic rings. The molecular formula is C34H65N6O7P. The highest BCUT2D eigenvalue weighted by Crippen LogP contribution is 2.48. The molecule has 1 fully saturated rings. The van der Waals surface area contributed by atoms with Crippen LogP contribution >= 0.6 is 7.60 Å². The first-order valence-corrected chi connectivity index (χ1v) is 20.3. The Hall–Kier alpha value is -1.44. The standard InChI is InChI=1S/C34H65N6O7P/c1-4-5-6-7-8-9-10-11-12-13-14-15-16-17-18-19-21-42-23-24-45-48(41,46-26-29-25-44-34(2,3)47-29)28-43-22-20-40-27-37-30-31(35)38-33(36)39-32(30)40/h27,29-31H,4-26,28,35H2,1-3H3,(H2,36,38). The number of guanidine groups is 1. The first-order chi connectivity index (χ1) is 23.2. The van der Waals surface area contributed by atoms with Gasteiger partial charge in [0.15, 0.2) is 5.79 Å². The summed E-state index contributed by atoms with van der Waals surface area (Å²) in [6.07, 6.45) is 21.9. The van der Waals surface area contributed by atoms with E-state index in [1.807, 2.05) is 13.8 Å². The van der Waals surface area contributed by atoms with Crippen LogP contribution < -0.4 is 11.5 Å². The minimum Gasteiger partial charge on any atom is -0.379 e. The maximum atomic E-state index is 13.6. The zero-order valence-corrected chi connectivity index (χ0v) is 30.9. The van der Waals surface area contributed by atoms with Crippen molar-refractivity contribution in [2.24, 2.45) is 26.4 Å². The van der Waals surface area contributed by atoms with Crippen molar-refractivity contribution in [1.82, 2.24) is 4.90 Å². The van der Waals surface area contributed by atoms with Gasteiger partial charge in [-0.2, -0.15) is 4.99 Å². The maximum absolute atomic E-state index is 13.6. The molecule has 3 aliphatic rings. The monoisotopic (exact) mass is 700 g/mol. The number of amidine groups is 1. The molecule has 48 heavy (non-hydrogen) atoms. The second kappa shape index (κ2) is 23.1. The summed E-state index contributed by atoms with van der Waals surface area (Å²) in [5, 5.41) is 0. The molecule has 0 saturated carbocycles. The average Bonchev–Trinajstić information content (AvgIpc) is 3.63. The smallest absolute Gasteiger partial charge is 0.356 e. The predicted octanol–water partition coefficient (Wildman–Crippen LogP) is 6.34. The number of fused-ring (bicyclic) bond motifs is 1. The summed E-state index contributed by atoms with van der Waals surface area (Å²) in [5.41, 5.74) is 11.8. The highest BCUT2D eigenvalue weighted by molar-refractivity contribution is 7.53. The summed E-state index contributed by atoms with van der Waals surface area (Å²) in [6.45, 7) is 8.13. The van der Waals surface area contributed by atoms with Crippen LogP contribution in [0.2, 0.25) is 0 Å². The zero-order chi connectivity index (χ0) is 34.5. The van der Waals surface area contributed by atoms with Gasteiger partial charge in [0, 0.05) is 13.2 Å². The van der Waals surface area contributed by atoms with E-state index in [-0.39, 0.29) is 44.3 Å². The third kappa shape index (κ3) is 16.5. The first kappa shape index (κ1) is 41.0. The molecule has 278 valence electrons. The molecule has 0 aliphatic carbocycles. The number of ether oxygens (including phenoxy) is 4. The Morgan fingerprint density at radius 1 is 0.875 bits per heavy atom. The normalized spacial score (nSPS) is 22.9. The van der Waals surface area contributed by atoms with E-state index in [0.717, 1.165) is 12.8 Å². The van der Waals surface area contributed by atoms with Gasteiger partial charge >= 0.3 is 7.60 Å². The van der Waals surface area contributed by atoms with E-state index in [1.54, 1.807) is 11.2 Å². The first-order valence-electron chi connectivity index (χ1n) is 18.5. The lowest BCUT2D eigenvalue weighted by molar-refractivity contribution is -0.141. The Balaban J connectivity index is 1.22. The maximum Gasteiger partial charge on any atom is 0.356 e. The highest BCUT2D eigenvalue weighted by Gasteiger charge is 2.36. The Bertz CT molecular complexity index is 1030. The summed E-state index contributed by atoms with van der Waals surface area (Å²) in [6, 6.07) is -0.368. The van der Waals surface area contributed by atoms with Crippen LogP contribution in [0.4, 0.5) is 0 Å². The quantitative estimate of drug-likeness (QED) is 0.0664. The minimum absolute atomic E-state index is 0.0673. The molecular weight excluding hydrogens is 635 g/mol. The topological polar surface area (TPSA) is 165 Å². The molecule has 4 unspecified atom stereocenters. The van der Waals surface area contributed by atoms with Gasteiger partial charge in [0.05, 0.1) is 39.4 Å². The van der Waals surface area contributed by atoms with E-state index < -0.39 is 19.5 Å². The fourth-order valence-electron chi connectivity index (χ4n) is 5.94. The Morgan fingerprint density at radius 3 is 2.10 bits per heavy atom. The lowest BCUT2D eigenvalue weighted by Crippen LogP contribution is -2.46. The lowest BCUT2D eigenvalue weighted by Gasteiger charge is -2.24. The molecule has 0 aromatic carbocycles. The molecule has 0 radical (unpaired) electrons. The Kier molecular flexibility index (Phi) is 19.7. The number of rotatable bonds is 29. The van der Waals surface area contributed by atoms with Gasteiger partial charge in [0.1, 0.15) is 30.5 Å². The van der Waals surface area contributed by atoms with Gasteiger partial charge in [-0.3, -0.25) is 9.56 Å². The molecule has 0 amide bonds. The van der Waals surface area contributed by atoms with Crippen LogP contribution in [0, 0.1) is 0 Å². The van der Waals surface area contributed by atoms with Gasteiger partial charge in [-0.1, -0.05) is 103 Å². The van der Waals surface area contributed by atoms with Gasteiger partial charge < -0.3 is 44.4 Å². The van der Waals surface area contributed by atoms with E-state index >= 15 is 0 Å². The van der Waals surface area contributed by atoms with Crippen molar-refractivity contribution in [3.8, 4) is 0 Å². The Labute approximate surface area is 289 Å². The molecule has 4 N–H and O–H groups in total. The second-order valence-electron chi connectivity index (χ2n) is 13.5. The van der Waals surface area contributed by atoms with Crippen molar-refractivity contribution in [1.29, 1.82) is 0 Å². The van der Waals surface area contributed by atoms with Crippen LogP contribution in [0.3, 0.4) is 0 Å². The van der Waals surface area contributed by atoms with Crippen molar-refractivity contribution in [3.63, 3.8) is 0 Å². The van der Waals surface area contributed by atoms with E-state index in [4.69, 9.17) is 39.5 Å². The van der Waals surface area contributed by atoms with Crippen LogP contribution in [-0.4, -0.2) is 99.7 Å². The fourth-order valence-corrected chi connectivity index (χ4v) is 7.27. The molecule has 0 aromatic heterocycles. The van der Waals surface area contributed by atoms with Crippen molar-refractivity contribution in [3.05, 3.63) is 0 Å². The molecule has 3 heterocycles. The summed E-state index contributed by atoms with van der Waals surface area (Å²) in [4.78, 5) is 14.5. The van der Waals surface area contributed by atoms with Crippen molar-refractivity contribution >= 4 is 25.7 Å². The van der Waals surface area contributed by atoms with Crippen molar-refractivity contribution in [2.75, 3.05) is 52.5 Å². The third-order valence-electron chi connectivity index (χ3n) is 8.67. The number of aliphatic imine (C=N–C) groups is 3. The lowest BCUT2D eigenvalue weighted by atomic mass is 10.0. The number of unbranched alkanes of at least 4 members (excludes halogenated alkanes) is 15. The third-order valence-corrected chi connectivity index (χ3v) is 10.3.